The third kappa shape index (κ3) is 3.45. The number of fused-ring (bicyclic) bond motifs is 2. The molecule has 2 nitrogen and oxygen atoms in total. The van der Waals surface area contributed by atoms with Crippen LogP contribution in [0.25, 0.3) is 0 Å². The topological polar surface area (TPSA) is 29.5 Å². The van der Waals surface area contributed by atoms with Gasteiger partial charge in [-0.3, -0.25) is 0 Å². The molecule has 2 aliphatic carbocycles. The molecule has 0 heterocycles. The monoisotopic (exact) mass is 306 g/mol. The zero-order chi connectivity index (χ0) is 16.1. The summed E-state index contributed by atoms with van der Waals surface area (Å²) in [6.07, 6.45) is 0.874. The number of halogens is 3. The van der Waals surface area contributed by atoms with Gasteiger partial charge in [-0.1, -0.05) is 12.2 Å². The Kier molecular flexibility index (Phi) is 4.22. The van der Waals surface area contributed by atoms with Crippen LogP contribution in [0, 0.1) is 17.8 Å². The van der Waals surface area contributed by atoms with E-state index in [2.05, 4.69) is 12.2 Å². The molecule has 2 bridgehead atoms. The van der Waals surface area contributed by atoms with Crippen LogP contribution < -0.4 is 0 Å². The first kappa shape index (κ1) is 16.8. The van der Waals surface area contributed by atoms with Crippen molar-refractivity contribution in [3.8, 4) is 0 Å². The summed E-state index contributed by atoms with van der Waals surface area (Å²) in [6.45, 7) is 6.31. The van der Waals surface area contributed by atoms with Crippen LogP contribution in [-0.4, -0.2) is 28.6 Å². The van der Waals surface area contributed by atoms with Gasteiger partial charge in [0.2, 0.25) is 0 Å². The van der Waals surface area contributed by atoms with Crippen molar-refractivity contribution in [1.82, 2.24) is 0 Å². The van der Waals surface area contributed by atoms with Gasteiger partial charge in [0.25, 0.3) is 0 Å². The van der Waals surface area contributed by atoms with Gasteiger partial charge in [0.05, 0.1) is 11.7 Å². The van der Waals surface area contributed by atoms with E-state index in [0.717, 1.165) is 19.8 Å². The second-order valence-electron chi connectivity index (χ2n) is 7.39. The maximum Gasteiger partial charge on any atom is 0.416 e. The summed E-state index contributed by atoms with van der Waals surface area (Å²) in [6, 6.07) is 0. The summed E-state index contributed by atoms with van der Waals surface area (Å²) < 4.78 is 44.1. The maximum absolute atomic E-state index is 12.7. The van der Waals surface area contributed by atoms with Gasteiger partial charge in [-0.05, 0) is 58.3 Å². The van der Waals surface area contributed by atoms with Crippen LogP contribution in [0.1, 0.15) is 47.0 Å². The Morgan fingerprint density at radius 2 is 1.81 bits per heavy atom. The SMILES string of the molecule is CC(CC(C)(O)C(F)(F)F)OC(C)(C)C1CC2C=CC1C2. The van der Waals surface area contributed by atoms with Crippen molar-refractivity contribution >= 4 is 0 Å². The van der Waals surface area contributed by atoms with Crippen molar-refractivity contribution in [1.29, 1.82) is 0 Å². The lowest BCUT2D eigenvalue weighted by atomic mass is 9.80. The van der Waals surface area contributed by atoms with Crippen LogP contribution >= 0.6 is 0 Å². The van der Waals surface area contributed by atoms with Gasteiger partial charge in [-0.25, -0.2) is 0 Å². The van der Waals surface area contributed by atoms with Crippen LogP contribution in [0.3, 0.4) is 0 Å². The summed E-state index contributed by atoms with van der Waals surface area (Å²) in [5, 5.41) is 9.57. The van der Waals surface area contributed by atoms with Crippen molar-refractivity contribution in [3.63, 3.8) is 0 Å². The number of hydrogen-bond donors (Lipinski definition) is 1. The van der Waals surface area contributed by atoms with Crippen molar-refractivity contribution in [2.24, 2.45) is 17.8 Å². The Balaban J connectivity index is 1.96. The summed E-state index contributed by atoms with van der Waals surface area (Å²) in [4.78, 5) is 0. The minimum absolute atomic E-state index is 0.339. The fourth-order valence-electron chi connectivity index (χ4n) is 3.90. The van der Waals surface area contributed by atoms with Gasteiger partial charge in [-0.2, -0.15) is 13.2 Å². The largest absolute Gasteiger partial charge is 0.416 e. The second-order valence-corrected chi connectivity index (χ2v) is 7.39. The summed E-state index contributed by atoms with van der Waals surface area (Å²) in [5.74, 6) is 1.41. The predicted molar refractivity (Wildman–Crippen MR) is 74.8 cm³/mol. The maximum atomic E-state index is 12.7. The molecule has 0 radical (unpaired) electrons. The van der Waals surface area contributed by atoms with E-state index in [4.69, 9.17) is 4.74 Å². The smallest absolute Gasteiger partial charge is 0.381 e. The molecular weight excluding hydrogens is 281 g/mol. The average molecular weight is 306 g/mol. The van der Waals surface area contributed by atoms with Crippen LogP contribution in [0.4, 0.5) is 13.2 Å². The molecule has 2 aliphatic rings. The van der Waals surface area contributed by atoms with Crippen molar-refractivity contribution in [2.45, 2.75) is 70.4 Å². The molecule has 5 heteroatoms. The molecule has 1 saturated carbocycles. The average Bonchev–Trinajstić information content (AvgIpc) is 2.86. The number of hydrogen-bond acceptors (Lipinski definition) is 2. The highest BCUT2D eigenvalue weighted by Gasteiger charge is 2.51. The van der Waals surface area contributed by atoms with Gasteiger partial charge >= 0.3 is 6.18 Å². The lowest BCUT2D eigenvalue weighted by molar-refractivity contribution is -0.266. The van der Waals surface area contributed by atoms with Gasteiger partial charge in [-0.15, -0.1) is 0 Å². The summed E-state index contributed by atoms with van der Waals surface area (Å²) in [5.41, 5.74) is -3.19. The van der Waals surface area contributed by atoms with E-state index < -0.39 is 29.9 Å². The molecule has 2 rings (SSSR count). The Morgan fingerprint density at radius 1 is 1.19 bits per heavy atom. The number of ether oxygens (including phenoxy) is 1. The number of aliphatic hydroxyl groups is 1. The highest BCUT2D eigenvalue weighted by molar-refractivity contribution is 5.13. The summed E-state index contributed by atoms with van der Waals surface area (Å²) >= 11 is 0. The van der Waals surface area contributed by atoms with E-state index in [1.54, 1.807) is 6.92 Å². The Labute approximate surface area is 124 Å². The van der Waals surface area contributed by atoms with Gasteiger partial charge in [0.1, 0.15) is 0 Å². The lowest BCUT2D eigenvalue weighted by Crippen LogP contribution is -2.47. The van der Waals surface area contributed by atoms with Crippen molar-refractivity contribution < 1.29 is 23.0 Å². The minimum atomic E-state index is -4.63. The normalized spacial score (nSPS) is 33.2. The van der Waals surface area contributed by atoms with Crippen LogP contribution in [0.5, 0.6) is 0 Å². The number of allylic oxidation sites excluding steroid dienone is 2. The molecule has 1 fully saturated rings. The zero-order valence-electron chi connectivity index (χ0n) is 13.1. The quantitative estimate of drug-likeness (QED) is 0.775. The highest BCUT2D eigenvalue weighted by atomic mass is 19.4. The van der Waals surface area contributed by atoms with E-state index in [-0.39, 0.29) is 0 Å². The second kappa shape index (κ2) is 5.27. The van der Waals surface area contributed by atoms with Gasteiger partial charge in [0, 0.05) is 6.42 Å². The van der Waals surface area contributed by atoms with E-state index in [1.807, 2.05) is 13.8 Å². The van der Waals surface area contributed by atoms with E-state index in [1.165, 1.54) is 0 Å². The molecule has 0 spiro atoms. The fourth-order valence-corrected chi connectivity index (χ4v) is 3.90. The third-order valence-electron chi connectivity index (χ3n) is 4.97. The van der Waals surface area contributed by atoms with E-state index >= 15 is 0 Å². The Bertz CT molecular complexity index is 412. The third-order valence-corrected chi connectivity index (χ3v) is 4.97. The molecule has 5 atom stereocenters. The zero-order valence-corrected chi connectivity index (χ0v) is 13.1. The van der Waals surface area contributed by atoms with Gasteiger partial charge < -0.3 is 9.84 Å². The molecule has 0 aromatic carbocycles. The highest BCUT2D eigenvalue weighted by Crippen LogP contribution is 2.49. The first-order valence-electron chi connectivity index (χ1n) is 7.57. The summed E-state index contributed by atoms with van der Waals surface area (Å²) in [7, 11) is 0. The molecule has 21 heavy (non-hydrogen) atoms. The van der Waals surface area contributed by atoms with E-state index in [0.29, 0.717) is 17.8 Å². The number of rotatable bonds is 5. The standard InChI is InChI=1S/C16H25F3O2/c1-10(9-15(4,20)16(17,18)19)21-14(2,3)13-8-11-5-6-12(13)7-11/h5-6,10-13,20H,7-9H2,1-4H3. The van der Waals surface area contributed by atoms with E-state index in [9.17, 15) is 18.3 Å². The van der Waals surface area contributed by atoms with Crippen LogP contribution in [0.15, 0.2) is 12.2 Å². The lowest BCUT2D eigenvalue weighted by Gasteiger charge is -2.39. The molecule has 0 aliphatic heterocycles. The fraction of sp³-hybridized carbons (Fsp3) is 0.875. The Morgan fingerprint density at radius 3 is 2.24 bits per heavy atom. The minimum Gasteiger partial charge on any atom is -0.381 e. The molecule has 0 aromatic rings. The molecule has 0 amide bonds. The van der Waals surface area contributed by atoms with Crippen LogP contribution in [0.2, 0.25) is 0 Å². The van der Waals surface area contributed by atoms with Crippen molar-refractivity contribution in [2.75, 3.05) is 0 Å². The van der Waals surface area contributed by atoms with Crippen molar-refractivity contribution in [3.05, 3.63) is 12.2 Å². The predicted octanol–water partition coefficient (Wildman–Crippen LogP) is 4.09. The molecule has 122 valence electrons. The first-order chi connectivity index (χ1) is 9.42. The molecule has 0 saturated heterocycles. The molecule has 0 aromatic heterocycles. The van der Waals surface area contributed by atoms with Gasteiger partial charge in [0.15, 0.2) is 5.60 Å². The first-order valence-corrected chi connectivity index (χ1v) is 7.57. The molecule has 5 unspecified atom stereocenters. The Hall–Kier alpha value is -0.550. The number of alkyl halides is 3. The molecule has 1 N–H and O–H groups in total. The molecular formula is C16H25F3O2. The van der Waals surface area contributed by atoms with Crippen LogP contribution in [-0.2, 0) is 4.74 Å².